The van der Waals surface area contributed by atoms with Gasteiger partial charge in [-0.15, -0.1) is 0 Å². The number of halogens is 2. The number of nitrogens with one attached hydrogen (secondary N) is 1. The molecule has 0 aliphatic heterocycles. The molecule has 0 spiro atoms. The van der Waals surface area contributed by atoms with E-state index in [1.54, 1.807) is 0 Å². The monoisotopic (exact) mass is 270 g/mol. The second-order valence-corrected chi connectivity index (χ2v) is 4.59. The van der Waals surface area contributed by atoms with Gasteiger partial charge in [0.25, 0.3) is 5.91 Å². The Labute approximate surface area is 112 Å². The van der Waals surface area contributed by atoms with E-state index in [0.29, 0.717) is 12.5 Å². The summed E-state index contributed by atoms with van der Waals surface area (Å²) >= 11 is 0. The van der Waals surface area contributed by atoms with Crippen LogP contribution in [0.3, 0.4) is 0 Å². The number of unbranched alkanes of at least 4 members (excludes halogenated alkanes) is 1. The summed E-state index contributed by atoms with van der Waals surface area (Å²) in [4.78, 5) is 14.9. The van der Waals surface area contributed by atoms with E-state index in [9.17, 15) is 13.6 Å². The lowest BCUT2D eigenvalue weighted by molar-refractivity contribution is 0.0940. The molecular weight excluding hydrogens is 250 g/mol. The normalized spacial score (nSPS) is 12.2. The highest BCUT2D eigenvalue weighted by Crippen LogP contribution is 2.12. The van der Waals surface area contributed by atoms with E-state index >= 15 is 0 Å². The lowest BCUT2D eigenvalue weighted by atomic mass is 9.99. The van der Waals surface area contributed by atoms with Crippen LogP contribution in [-0.4, -0.2) is 17.4 Å². The van der Waals surface area contributed by atoms with Crippen LogP contribution in [0.2, 0.25) is 0 Å². The number of carbonyl (C=O) groups is 1. The molecule has 1 unspecified atom stereocenters. The molecule has 1 amide bonds. The summed E-state index contributed by atoms with van der Waals surface area (Å²) in [6.07, 6.45) is 5.27. The molecule has 1 aromatic heterocycles. The maximum absolute atomic E-state index is 13.4. The van der Waals surface area contributed by atoms with Crippen molar-refractivity contribution in [3.63, 3.8) is 0 Å². The van der Waals surface area contributed by atoms with Gasteiger partial charge in [-0.25, -0.2) is 9.37 Å². The van der Waals surface area contributed by atoms with Crippen molar-refractivity contribution in [3.05, 3.63) is 29.6 Å². The second-order valence-electron chi connectivity index (χ2n) is 4.59. The Bertz CT molecular complexity index is 424. The highest BCUT2D eigenvalue weighted by molar-refractivity contribution is 5.94. The Balaban J connectivity index is 2.57. The highest BCUT2D eigenvalue weighted by Gasteiger charge is 2.16. The van der Waals surface area contributed by atoms with Gasteiger partial charge in [0.15, 0.2) is 5.82 Å². The Hall–Kier alpha value is -1.52. The molecule has 1 heterocycles. The molecule has 1 N–H and O–H groups in total. The van der Waals surface area contributed by atoms with Crippen LogP contribution in [0.4, 0.5) is 8.78 Å². The molecular formula is C14H20F2N2O. The Morgan fingerprint density at radius 1 is 1.42 bits per heavy atom. The molecule has 106 valence electrons. The van der Waals surface area contributed by atoms with Gasteiger partial charge in [0.05, 0.1) is 5.56 Å². The topological polar surface area (TPSA) is 42.0 Å². The van der Waals surface area contributed by atoms with Crippen LogP contribution in [0.25, 0.3) is 0 Å². The molecule has 0 fully saturated rings. The third-order valence-corrected chi connectivity index (χ3v) is 3.19. The average molecular weight is 270 g/mol. The Morgan fingerprint density at radius 2 is 2.16 bits per heavy atom. The van der Waals surface area contributed by atoms with Gasteiger partial charge < -0.3 is 5.32 Å². The van der Waals surface area contributed by atoms with Crippen molar-refractivity contribution >= 4 is 5.91 Å². The summed E-state index contributed by atoms with van der Waals surface area (Å²) in [5.41, 5.74) is -0.294. The number of nitrogens with zero attached hydrogens (tertiary/aromatic N) is 1. The van der Waals surface area contributed by atoms with Gasteiger partial charge in [0, 0.05) is 12.7 Å². The number of amides is 1. The van der Waals surface area contributed by atoms with Crippen molar-refractivity contribution < 1.29 is 13.6 Å². The first-order chi connectivity index (χ1) is 9.10. The smallest absolute Gasteiger partial charge is 0.254 e. The van der Waals surface area contributed by atoms with Crippen LogP contribution >= 0.6 is 0 Å². The molecule has 0 aliphatic carbocycles. The summed E-state index contributed by atoms with van der Waals surface area (Å²) in [6.45, 7) is 4.65. The minimum atomic E-state index is -1.24. The number of pyridine rings is 1. The van der Waals surface area contributed by atoms with Gasteiger partial charge in [-0.2, -0.15) is 4.39 Å². The largest absolute Gasteiger partial charge is 0.352 e. The van der Waals surface area contributed by atoms with Crippen LogP contribution in [0.5, 0.6) is 0 Å². The van der Waals surface area contributed by atoms with Crippen molar-refractivity contribution in [3.8, 4) is 0 Å². The van der Waals surface area contributed by atoms with E-state index in [1.807, 2.05) is 0 Å². The lowest BCUT2D eigenvalue weighted by Crippen LogP contribution is -2.30. The standard InChI is InChI=1S/C14H20F2N2O/c1-3-5-6-10(4-2)9-18-14(19)11-7-8-17-13(16)12(11)15/h7-8,10H,3-6,9H2,1-2H3,(H,18,19). The SMILES string of the molecule is CCCCC(CC)CNC(=O)c1ccnc(F)c1F. The third kappa shape index (κ3) is 4.58. The fraction of sp³-hybridized carbons (Fsp3) is 0.571. The van der Waals surface area contributed by atoms with Crippen molar-refractivity contribution in [1.82, 2.24) is 10.3 Å². The third-order valence-electron chi connectivity index (χ3n) is 3.19. The van der Waals surface area contributed by atoms with E-state index in [2.05, 4.69) is 24.1 Å². The molecule has 5 heteroatoms. The van der Waals surface area contributed by atoms with Crippen LogP contribution < -0.4 is 5.32 Å². The van der Waals surface area contributed by atoms with Crippen LogP contribution in [0.1, 0.15) is 49.9 Å². The Morgan fingerprint density at radius 3 is 2.79 bits per heavy atom. The molecule has 1 aromatic rings. The van der Waals surface area contributed by atoms with Crippen molar-refractivity contribution in [1.29, 1.82) is 0 Å². The number of carbonyl (C=O) groups excluding carboxylic acids is 1. The van der Waals surface area contributed by atoms with Crippen LogP contribution in [0.15, 0.2) is 12.3 Å². The number of hydrogen-bond donors (Lipinski definition) is 1. The zero-order valence-electron chi connectivity index (χ0n) is 11.4. The van der Waals surface area contributed by atoms with E-state index in [-0.39, 0.29) is 5.56 Å². The van der Waals surface area contributed by atoms with E-state index < -0.39 is 17.7 Å². The molecule has 19 heavy (non-hydrogen) atoms. The molecule has 1 rings (SSSR count). The van der Waals surface area contributed by atoms with Gasteiger partial charge >= 0.3 is 0 Å². The van der Waals surface area contributed by atoms with Gasteiger partial charge in [-0.05, 0) is 18.4 Å². The van der Waals surface area contributed by atoms with Crippen molar-refractivity contribution in [2.75, 3.05) is 6.54 Å². The maximum Gasteiger partial charge on any atom is 0.254 e. The van der Waals surface area contributed by atoms with Crippen LogP contribution in [-0.2, 0) is 0 Å². The van der Waals surface area contributed by atoms with Gasteiger partial charge in [-0.3, -0.25) is 4.79 Å². The molecule has 0 aliphatic rings. The number of aromatic nitrogens is 1. The number of hydrogen-bond acceptors (Lipinski definition) is 2. The zero-order valence-corrected chi connectivity index (χ0v) is 11.4. The average Bonchev–Trinajstić information content (AvgIpc) is 2.42. The van der Waals surface area contributed by atoms with Gasteiger partial charge in [-0.1, -0.05) is 33.1 Å². The first-order valence-corrected chi connectivity index (χ1v) is 6.68. The van der Waals surface area contributed by atoms with Crippen molar-refractivity contribution in [2.45, 2.75) is 39.5 Å². The van der Waals surface area contributed by atoms with E-state index in [0.717, 1.165) is 31.9 Å². The summed E-state index contributed by atoms with van der Waals surface area (Å²) in [6, 6.07) is 1.18. The summed E-state index contributed by atoms with van der Waals surface area (Å²) in [7, 11) is 0. The van der Waals surface area contributed by atoms with Crippen molar-refractivity contribution in [2.24, 2.45) is 5.92 Å². The number of rotatable bonds is 7. The first-order valence-electron chi connectivity index (χ1n) is 6.68. The highest BCUT2D eigenvalue weighted by atomic mass is 19.2. The van der Waals surface area contributed by atoms with Crippen LogP contribution in [0, 0.1) is 17.7 Å². The predicted octanol–water partition coefficient (Wildman–Crippen LogP) is 3.31. The summed E-state index contributed by atoms with van der Waals surface area (Å²) < 4.78 is 26.3. The fourth-order valence-electron chi connectivity index (χ4n) is 1.87. The molecule has 1 atom stereocenters. The Kier molecular flexibility index (Phi) is 6.39. The molecule has 3 nitrogen and oxygen atoms in total. The maximum atomic E-state index is 13.4. The van der Waals surface area contributed by atoms with Gasteiger partial charge in [0.2, 0.25) is 5.95 Å². The summed E-state index contributed by atoms with van der Waals surface area (Å²) in [5, 5.41) is 2.65. The minimum Gasteiger partial charge on any atom is -0.352 e. The lowest BCUT2D eigenvalue weighted by Gasteiger charge is -2.15. The summed E-state index contributed by atoms with van der Waals surface area (Å²) in [5.74, 6) is -2.65. The quantitative estimate of drug-likeness (QED) is 0.772. The molecule has 0 bridgehead atoms. The van der Waals surface area contributed by atoms with Gasteiger partial charge in [0.1, 0.15) is 0 Å². The second kappa shape index (κ2) is 7.81. The van der Waals surface area contributed by atoms with E-state index in [4.69, 9.17) is 0 Å². The first kappa shape index (κ1) is 15.5. The molecule has 0 saturated carbocycles. The fourth-order valence-corrected chi connectivity index (χ4v) is 1.87. The van der Waals surface area contributed by atoms with E-state index in [1.165, 1.54) is 6.07 Å². The molecule has 0 aromatic carbocycles. The minimum absolute atomic E-state index is 0.294. The predicted molar refractivity (Wildman–Crippen MR) is 69.8 cm³/mol. The molecule has 0 saturated heterocycles. The zero-order chi connectivity index (χ0) is 14.3. The molecule has 0 radical (unpaired) electrons.